The van der Waals surface area contributed by atoms with Crippen molar-refractivity contribution < 1.29 is 14.3 Å². The lowest BCUT2D eigenvalue weighted by atomic mass is 10.1. The lowest BCUT2D eigenvalue weighted by Crippen LogP contribution is -2.26. The van der Waals surface area contributed by atoms with Gasteiger partial charge in [-0.3, -0.25) is 4.79 Å². The Balaban J connectivity index is 1.72. The molecule has 1 atom stereocenters. The number of nitrogens with one attached hydrogen (secondary N) is 1. The van der Waals surface area contributed by atoms with Gasteiger partial charge in [-0.15, -0.1) is 10.2 Å². The first-order valence-electron chi connectivity index (χ1n) is 6.99. The molecule has 0 aliphatic carbocycles. The third kappa shape index (κ3) is 4.57. The van der Waals surface area contributed by atoms with Crippen molar-refractivity contribution in [1.29, 1.82) is 0 Å². The molecule has 1 amide bonds. The average molecular weight is 282 g/mol. The molecule has 1 saturated heterocycles. The first-order valence-corrected chi connectivity index (χ1v) is 6.99. The molecule has 1 aromatic heterocycles. The lowest BCUT2D eigenvalue weighted by Gasteiger charge is -2.09. The van der Waals surface area contributed by atoms with Crippen molar-refractivity contribution in [2.24, 2.45) is 5.92 Å². The standard InChI is InChI=1S/C13H22N4O3/c1-19-5-2-4-17-10-15-16-12(17)8-14-13(18)7-11-3-6-20-9-11/h10-11H,2-9H2,1H3,(H,14,18). The third-order valence-electron chi connectivity index (χ3n) is 3.38. The van der Waals surface area contributed by atoms with Crippen molar-refractivity contribution in [1.82, 2.24) is 20.1 Å². The van der Waals surface area contributed by atoms with E-state index >= 15 is 0 Å². The van der Waals surface area contributed by atoms with E-state index in [4.69, 9.17) is 9.47 Å². The van der Waals surface area contributed by atoms with E-state index in [1.807, 2.05) is 4.57 Å². The summed E-state index contributed by atoms with van der Waals surface area (Å²) in [6.07, 6.45) is 4.08. The van der Waals surface area contributed by atoms with Gasteiger partial charge < -0.3 is 19.4 Å². The summed E-state index contributed by atoms with van der Waals surface area (Å²) in [5, 5.41) is 10.8. The molecule has 1 aliphatic rings. The Morgan fingerprint density at radius 3 is 3.30 bits per heavy atom. The minimum absolute atomic E-state index is 0.0481. The van der Waals surface area contributed by atoms with Crippen LogP contribution in [-0.2, 0) is 27.4 Å². The van der Waals surface area contributed by atoms with Crippen molar-refractivity contribution in [3.05, 3.63) is 12.2 Å². The summed E-state index contributed by atoms with van der Waals surface area (Å²) < 4.78 is 12.2. The molecule has 7 heteroatoms. The molecule has 20 heavy (non-hydrogen) atoms. The third-order valence-corrected chi connectivity index (χ3v) is 3.38. The fourth-order valence-corrected chi connectivity index (χ4v) is 2.24. The highest BCUT2D eigenvalue weighted by molar-refractivity contribution is 5.76. The first kappa shape index (κ1) is 14.9. The summed E-state index contributed by atoms with van der Waals surface area (Å²) >= 11 is 0. The van der Waals surface area contributed by atoms with Gasteiger partial charge >= 0.3 is 0 Å². The molecule has 1 aromatic rings. The highest BCUT2D eigenvalue weighted by atomic mass is 16.5. The summed E-state index contributed by atoms with van der Waals surface area (Å²) in [6.45, 7) is 3.37. The van der Waals surface area contributed by atoms with Gasteiger partial charge in [0, 0.05) is 39.9 Å². The smallest absolute Gasteiger partial charge is 0.220 e. The minimum atomic E-state index is 0.0481. The SMILES string of the molecule is COCCCn1cnnc1CNC(=O)CC1CCOC1. The van der Waals surface area contributed by atoms with Gasteiger partial charge in [0.1, 0.15) is 6.33 Å². The Labute approximate surface area is 118 Å². The molecule has 112 valence electrons. The molecule has 1 aliphatic heterocycles. The number of carbonyl (C=O) groups excluding carboxylic acids is 1. The average Bonchev–Trinajstić information content (AvgIpc) is 3.08. The van der Waals surface area contributed by atoms with Crippen molar-refractivity contribution in [3.63, 3.8) is 0 Å². The minimum Gasteiger partial charge on any atom is -0.385 e. The van der Waals surface area contributed by atoms with Crippen molar-refractivity contribution in [2.45, 2.75) is 32.4 Å². The van der Waals surface area contributed by atoms with Gasteiger partial charge in [0.05, 0.1) is 6.54 Å². The Kier molecular flexibility index (Phi) is 5.94. The normalized spacial score (nSPS) is 18.4. The van der Waals surface area contributed by atoms with E-state index in [0.29, 0.717) is 32.1 Å². The van der Waals surface area contributed by atoms with Crippen molar-refractivity contribution >= 4 is 5.91 Å². The van der Waals surface area contributed by atoms with Crippen LogP contribution >= 0.6 is 0 Å². The van der Waals surface area contributed by atoms with Gasteiger partial charge in [0.2, 0.25) is 5.91 Å². The zero-order valence-corrected chi connectivity index (χ0v) is 11.9. The number of nitrogens with zero attached hydrogens (tertiary/aromatic N) is 3. The molecule has 2 heterocycles. The van der Waals surface area contributed by atoms with E-state index in [1.54, 1.807) is 13.4 Å². The lowest BCUT2D eigenvalue weighted by molar-refractivity contribution is -0.122. The quantitative estimate of drug-likeness (QED) is 0.696. The summed E-state index contributed by atoms with van der Waals surface area (Å²) in [6, 6.07) is 0. The van der Waals surface area contributed by atoms with Gasteiger partial charge in [0.15, 0.2) is 5.82 Å². The maximum atomic E-state index is 11.8. The molecule has 1 fully saturated rings. The fourth-order valence-electron chi connectivity index (χ4n) is 2.24. The van der Waals surface area contributed by atoms with Crippen LogP contribution in [0.5, 0.6) is 0 Å². The van der Waals surface area contributed by atoms with E-state index in [0.717, 1.165) is 31.8 Å². The monoisotopic (exact) mass is 282 g/mol. The maximum absolute atomic E-state index is 11.8. The van der Waals surface area contributed by atoms with Crippen LogP contribution in [0.4, 0.5) is 0 Å². The molecule has 2 rings (SSSR count). The molecule has 1 unspecified atom stereocenters. The number of aryl methyl sites for hydroxylation is 1. The van der Waals surface area contributed by atoms with Crippen LogP contribution in [0.3, 0.4) is 0 Å². The van der Waals surface area contributed by atoms with Crippen LogP contribution in [0.25, 0.3) is 0 Å². The molecule has 0 aromatic carbocycles. The zero-order valence-electron chi connectivity index (χ0n) is 11.9. The highest BCUT2D eigenvalue weighted by Crippen LogP contribution is 2.15. The van der Waals surface area contributed by atoms with Crippen LogP contribution in [0.2, 0.25) is 0 Å². The number of aromatic nitrogens is 3. The number of carbonyl (C=O) groups is 1. The van der Waals surface area contributed by atoms with Gasteiger partial charge in [0.25, 0.3) is 0 Å². The Hall–Kier alpha value is -1.47. The largest absolute Gasteiger partial charge is 0.385 e. The Bertz CT molecular complexity index is 416. The predicted molar refractivity (Wildman–Crippen MR) is 71.9 cm³/mol. The van der Waals surface area contributed by atoms with Crippen LogP contribution in [0.15, 0.2) is 6.33 Å². The second-order valence-electron chi connectivity index (χ2n) is 5.00. The van der Waals surface area contributed by atoms with E-state index < -0.39 is 0 Å². The highest BCUT2D eigenvalue weighted by Gasteiger charge is 2.19. The molecule has 0 radical (unpaired) electrons. The summed E-state index contributed by atoms with van der Waals surface area (Å²) in [7, 11) is 1.68. The second-order valence-corrected chi connectivity index (χ2v) is 5.00. The molecule has 1 N–H and O–H groups in total. The van der Waals surface area contributed by atoms with Crippen LogP contribution in [0.1, 0.15) is 25.1 Å². The zero-order chi connectivity index (χ0) is 14.2. The number of amides is 1. The van der Waals surface area contributed by atoms with Crippen LogP contribution < -0.4 is 5.32 Å². The molecule has 0 bridgehead atoms. The molecular formula is C13H22N4O3. The molecule has 0 saturated carbocycles. The number of ether oxygens (including phenoxy) is 2. The Morgan fingerprint density at radius 1 is 1.65 bits per heavy atom. The van der Waals surface area contributed by atoms with E-state index in [2.05, 4.69) is 15.5 Å². The fraction of sp³-hybridized carbons (Fsp3) is 0.769. The number of hydrogen-bond donors (Lipinski definition) is 1. The summed E-state index contributed by atoms with van der Waals surface area (Å²) in [4.78, 5) is 11.8. The van der Waals surface area contributed by atoms with E-state index in [9.17, 15) is 4.79 Å². The number of methoxy groups -OCH3 is 1. The topological polar surface area (TPSA) is 78.3 Å². The van der Waals surface area contributed by atoms with Crippen LogP contribution in [0, 0.1) is 5.92 Å². The predicted octanol–water partition coefficient (Wildman–Crippen LogP) is 0.357. The Morgan fingerprint density at radius 2 is 2.55 bits per heavy atom. The molecule has 7 nitrogen and oxygen atoms in total. The summed E-state index contributed by atoms with van der Waals surface area (Å²) in [5.74, 6) is 1.18. The van der Waals surface area contributed by atoms with E-state index in [1.165, 1.54) is 0 Å². The van der Waals surface area contributed by atoms with Gasteiger partial charge in [-0.1, -0.05) is 0 Å². The summed E-state index contributed by atoms with van der Waals surface area (Å²) in [5.41, 5.74) is 0. The molecule has 0 spiro atoms. The van der Waals surface area contributed by atoms with Gasteiger partial charge in [-0.05, 0) is 18.8 Å². The molecular weight excluding hydrogens is 260 g/mol. The van der Waals surface area contributed by atoms with Gasteiger partial charge in [-0.25, -0.2) is 0 Å². The van der Waals surface area contributed by atoms with Crippen molar-refractivity contribution in [3.8, 4) is 0 Å². The van der Waals surface area contributed by atoms with E-state index in [-0.39, 0.29) is 5.91 Å². The van der Waals surface area contributed by atoms with Crippen molar-refractivity contribution in [2.75, 3.05) is 26.9 Å². The van der Waals surface area contributed by atoms with Gasteiger partial charge in [-0.2, -0.15) is 0 Å². The first-order chi connectivity index (χ1) is 9.79. The maximum Gasteiger partial charge on any atom is 0.220 e. The van der Waals surface area contributed by atoms with Crippen LogP contribution in [-0.4, -0.2) is 47.6 Å². The number of rotatable bonds is 8. The second kappa shape index (κ2) is 7.96. The number of hydrogen-bond acceptors (Lipinski definition) is 5.